The highest BCUT2D eigenvalue weighted by molar-refractivity contribution is 5.87. The van der Waals surface area contributed by atoms with Gasteiger partial charge in [0.1, 0.15) is 12.3 Å². The summed E-state index contributed by atoms with van der Waals surface area (Å²) in [5.74, 6) is 0.415. The van der Waals surface area contributed by atoms with Crippen molar-refractivity contribution in [1.29, 1.82) is 0 Å². The maximum Gasteiger partial charge on any atom is 0.276 e. The van der Waals surface area contributed by atoms with Gasteiger partial charge >= 0.3 is 0 Å². The molecular formula is C25H26N4O3. The molecule has 0 bridgehead atoms. The number of para-hydroxylation sites is 1. The molecule has 0 fully saturated rings. The molecule has 7 heteroatoms. The molecular weight excluding hydrogens is 404 g/mol. The summed E-state index contributed by atoms with van der Waals surface area (Å²) in [4.78, 5) is 25.7. The van der Waals surface area contributed by atoms with Gasteiger partial charge in [0, 0.05) is 35.4 Å². The van der Waals surface area contributed by atoms with Crippen LogP contribution in [-0.2, 0) is 24.4 Å². The van der Waals surface area contributed by atoms with E-state index < -0.39 is 0 Å². The van der Waals surface area contributed by atoms with Crippen molar-refractivity contribution in [2.75, 3.05) is 7.11 Å². The summed E-state index contributed by atoms with van der Waals surface area (Å²) in [7, 11) is 1.59. The van der Waals surface area contributed by atoms with Crippen LogP contribution in [0.3, 0.4) is 0 Å². The molecule has 2 aromatic carbocycles. The maximum absolute atomic E-state index is 13.2. The molecule has 2 heterocycles. The van der Waals surface area contributed by atoms with E-state index in [9.17, 15) is 9.59 Å². The zero-order valence-corrected chi connectivity index (χ0v) is 18.5. The number of hydrogen-bond acceptors (Lipinski definition) is 4. The highest BCUT2D eigenvalue weighted by Gasteiger charge is 2.17. The predicted octanol–water partition coefficient (Wildman–Crippen LogP) is 3.19. The second-order valence-corrected chi connectivity index (χ2v) is 7.73. The summed E-state index contributed by atoms with van der Waals surface area (Å²) in [6, 6.07) is 17.6. The van der Waals surface area contributed by atoms with Crippen molar-refractivity contribution in [2.24, 2.45) is 0 Å². The zero-order valence-electron chi connectivity index (χ0n) is 18.5. The molecule has 0 unspecified atom stereocenters. The molecule has 0 aliphatic carbocycles. The fourth-order valence-electron chi connectivity index (χ4n) is 4.00. The van der Waals surface area contributed by atoms with Crippen LogP contribution in [-0.4, -0.2) is 27.4 Å². The van der Waals surface area contributed by atoms with E-state index in [0.717, 1.165) is 27.9 Å². The Kier molecular flexibility index (Phi) is 6.07. The molecule has 0 saturated carbocycles. The van der Waals surface area contributed by atoms with Gasteiger partial charge in [0.2, 0.25) is 5.91 Å². The summed E-state index contributed by atoms with van der Waals surface area (Å²) in [6.45, 7) is 4.76. The van der Waals surface area contributed by atoms with Crippen LogP contribution in [0.15, 0.2) is 65.6 Å². The fraction of sp³-hybridized carbons (Fsp3) is 0.240. The van der Waals surface area contributed by atoms with Gasteiger partial charge in [-0.3, -0.25) is 9.59 Å². The van der Waals surface area contributed by atoms with Crippen LogP contribution in [0, 0.1) is 13.8 Å². The number of aromatic nitrogens is 3. The van der Waals surface area contributed by atoms with Crippen LogP contribution in [0.1, 0.15) is 22.5 Å². The van der Waals surface area contributed by atoms with Crippen molar-refractivity contribution in [2.45, 2.75) is 33.5 Å². The van der Waals surface area contributed by atoms with Crippen LogP contribution >= 0.6 is 0 Å². The number of nitrogens with one attached hydrogen (secondary N) is 1. The highest BCUT2D eigenvalue weighted by Crippen LogP contribution is 2.23. The van der Waals surface area contributed by atoms with E-state index in [1.165, 1.54) is 4.68 Å². The van der Waals surface area contributed by atoms with Gasteiger partial charge in [0.05, 0.1) is 18.7 Å². The van der Waals surface area contributed by atoms with Crippen LogP contribution in [0.25, 0.3) is 10.8 Å². The molecule has 2 aromatic heterocycles. The Labute approximate surface area is 186 Å². The van der Waals surface area contributed by atoms with Gasteiger partial charge in [0.15, 0.2) is 0 Å². The van der Waals surface area contributed by atoms with Crippen LogP contribution in [0.2, 0.25) is 0 Å². The topological polar surface area (TPSA) is 78.2 Å². The molecule has 4 aromatic rings. The minimum atomic E-state index is -0.289. The van der Waals surface area contributed by atoms with Gasteiger partial charge in [-0.15, -0.1) is 0 Å². The molecule has 164 valence electrons. The molecule has 4 rings (SSSR count). The lowest BCUT2D eigenvalue weighted by Gasteiger charge is -2.10. The number of benzene rings is 2. The molecule has 7 nitrogen and oxygen atoms in total. The predicted molar refractivity (Wildman–Crippen MR) is 124 cm³/mol. The summed E-state index contributed by atoms with van der Waals surface area (Å²) in [6.07, 6.45) is 1.67. The fourth-order valence-corrected chi connectivity index (χ4v) is 4.00. The molecule has 32 heavy (non-hydrogen) atoms. The third-order valence-corrected chi connectivity index (χ3v) is 5.75. The molecule has 0 saturated heterocycles. The highest BCUT2D eigenvalue weighted by atomic mass is 16.5. The second-order valence-electron chi connectivity index (χ2n) is 7.73. The monoisotopic (exact) mass is 430 g/mol. The first-order chi connectivity index (χ1) is 15.5. The summed E-state index contributed by atoms with van der Waals surface area (Å²) < 4.78 is 8.65. The first-order valence-electron chi connectivity index (χ1n) is 10.5. The number of carbonyl (C=O) groups is 1. The van der Waals surface area contributed by atoms with Crippen LogP contribution < -0.4 is 15.6 Å². The van der Waals surface area contributed by atoms with E-state index in [4.69, 9.17) is 4.74 Å². The van der Waals surface area contributed by atoms with Crippen LogP contribution in [0.4, 0.5) is 0 Å². The molecule has 0 spiro atoms. The molecule has 0 atom stereocenters. The number of methoxy groups -OCH3 is 1. The molecule has 1 amide bonds. The maximum atomic E-state index is 13.2. The minimum absolute atomic E-state index is 0.147. The Morgan fingerprint density at radius 1 is 1.03 bits per heavy atom. The van der Waals surface area contributed by atoms with Crippen molar-refractivity contribution in [3.63, 3.8) is 0 Å². The van der Waals surface area contributed by atoms with Crippen molar-refractivity contribution < 1.29 is 9.53 Å². The van der Waals surface area contributed by atoms with Crippen molar-refractivity contribution in [3.8, 4) is 5.75 Å². The summed E-state index contributed by atoms with van der Waals surface area (Å²) in [5, 5.41) is 8.52. The van der Waals surface area contributed by atoms with Crippen molar-refractivity contribution >= 4 is 16.7 Å². The van der Waals surface area contributed by atoms with Gasteiger partial charge in [-0.1, -0.05) is 48.5 Å². The summed E-state index contributed by atoms with van der Waals surface area (Å²) in [5.41, 5.74) is 3.62. The SMILES string of the molecule is COc1ccccc1CNC(=O)Cn1ncc2c(C)n(Cc3ccccc3)c(C)c2c1=O. The normalized spacial score (nSPS) is 11.0. The second kappa shape index (κ2) is 9.09. The minimum Gasteiger partial charge on any atom is -0.496 e. The van der Waals surface area contributed by atoms with E-state index in [1.807, 2.05) is 56.3 Å². The Balaban J connectivity index is 1.56. The lowest BCUT2D eigenvalue weighted by atomic mass is 10.2. The zero-order chi connectivity index (χ0) is 22.7. The van der Waals surface area contributed by atoms with Gasteiger partial charge in [-0.2, -0.15) is 5.10 Å². The van der Waals surface area contributed by atoms with Crippen molar-refractivity contribution in [1.82, 2.24) is 19.7 Å². The third-order valence-electron chi connectivity index (χ3n) is 5.75. The van der Waals surface area contributed by atoms with E-state index in [2.05, 4.69) is 27.1 Å². The van der Waals surface area contributed by atoms with E-state index in [1.54, 1.807) is 13.3 Å². The number of hydrogen-bond donors (Lipinski definition) is 1. The number of nitrogens with zero attached hydrogens (tertiary/aromatic N) is 3. The molecule has 0 aliphatic rings. The van der Waals surface area contributed by atoms with Gasteiger partial charge in [-0.25, -0.2) is 4.68 Å². The standard InChI is InChI=1S/C25H26N4O3/c1-17-21-14-27-29(16-23(30)26-13-20-11-7-8-12-22(20)32-3)25(31)24(21)18(2)28(17)15-19-9-5-4-6-10-19/h4-12,14H,13,15-16H2,1-3H3,(H,26,30). The van der Waals surface area contributed by atoms with E-state index in [-0.39, 0.29) is 18.0 Å². The van der Waals surface area contributed by atoms with Crippen LogP contribution in [0.5, 0.6) is 5.75 Å². The number of ether oxygens (including phenoxy) is 1. The Bertz CT molecular complexity index is 1320. The number of aryl methyl sites for hydroxylation is 2. The number of fused-ring (bicyclic) bond motifs is 1. The van der Waals surface area contributed by atoms with Gasteiger partial charge in [-0.05, 0) is 25.5 Å². The average molecular weight is 431 g/mol. The van der Waals surface area contributed by atoms with Gasteiger partial charge < -0.3 is 14.6 Å². The summed E-state index contributed by atoms with van der Waals surface area (Å²) >= 11 is 0. The van der Waals surface area contributed by atoms with Gasteiger partial charge in [0.25, 0.3) is 5.56 Å². The quantitative estimate of drug-likeness (QED) is 0.488. The molecule has 1 N–H and O–H groups in total. The third kappa shape index (κ3) is 4.14. The average Bonchev–Trinajstić information content (AvgIpc) is 3.05. The molecule has 0 radical (unpaired) electrons. The van der Waals surface area contributed by atoms with Crippen molar-refractivity contribution in [3.05, 3.63) is 93.7 Å². The van der Waals surface area contributed by atoms with E-state index in [0.29, 0.717) is 24.2 Å². The first-order valence-corrected chi connectivity index (χ1v) is 10.5. The number of rotatable bonds is 7. The molecule has 0 aliphatic heterocycles. The van der Waals surface area contributed by atoms with E-state index >= 15 is 0 Å². The lowest BCUT2D eigenvalue weighted by molar-refractivity contribution is -0.122. The Morgan fingerprint density at radius 3 is 2.50 bits per heavy atom. The largest absolute Gasteiger partial charge is 0.496 e. The lowest BCUT2D eigenvalue weighted by Crippen LogP contribution is -2.33. The smallest absolute Gasteiger partial charge is 0.276 e. The number of carbonyl (C=O) groups excluding carboxylic acids is 1. The Morgan fingerprint density at radius 2 is 1.75 bits per heavy atom. The number of amides is 1. The Hall–Kier alpha value is -3.87. The first kappa shape index (κ1) is 21.4.